The number of ether oxygens (including phenoxy) is 1. The van der Waals surface area contributed by atoms with Crippen molar-refractivity contribution in [3.05, 3.63) is 106 Å². The first-order chi connectivity index (χ1) is 17.0. The Labute approximate surface area is 208 Å². The standard InChI is InChI=1S/C28H25ClFN3O2/c1-2-3-16-35-23-14-8-20(9-15-23)27-24-25(19-6-10-21(29)11-7-19)31-32-26(24)28(34)33(27)17-18-4-12-22(30)13-5-18/h4-15,27H,2-3,16-17H2,1H3,(H,31,32). The highest BCUT2D eigenvalue weighted by atomic mass is 35.5. The summed E-state index contributed by atoms with van der Waals surface area (Å²) in [5, 5.41) is 8.08. The first-order valence-electron chi connectivity index (χ1n) is 11.7. The van der Waals surface area contributed by atoms with Crippen molar-refractivity contribution in [2.75, 3.05) is 6.61 Å². The van der Waals surface area contributed by atoms with E-state index in [1.54, 1.807) is 17.0 Å². The van der Waals surface area contributed by atoms with Crippen molar-refractivity contribution in [2.24, 2.45) is 0 Å². The van der Waals surface area contributed by atoms with E-state index in [2.05, 4.69) is 17.1 Å². The third kappa shape index (κ3) is 4.66. The Morgan fingerprint density at radius 1 is 1.03 bits per heavy atom. The molecule has 178 valence electrons. The van der Waals surface area contributed by atoms with Crippen LogP contribution in [-0.4, -0.2) is 27.6 Å². The van der Waals surface area contributed by atoms with Gasteiger partial charge in [0.25, 0.3) is 5.91 Å². The van der Waals surface area contributed by atoms with Crippen molar-refractivity contribution in [1.82, 2.24) is 15.1 Å². The van der Waals surface area contributed by atoms with E-state index in [1.807, 2.05) is 48.5 Å². The number of benzene rings is 3. The highest BCUT2D eigenvalue weighted by Crippen LogP contribution is 2.43. The second-order valence-corrected chi connectivity index (χ2v) is 9.04. The highest BCUT2D eigenvalue weighted by Gasteiger charge is 2.42. The number of aromatic nitrogens is 2. The van der Waals surface area contributed by atoms with Gasteiger partial charge in [0.1, 0.15) is 17.3 Å². The molecule has 2 heterocycles. The molecular formula is C28H25ClFN3O2. The maximum absolute atomic E-state index is 13.5. The van der Waals surface area contributed by atoms with Crippen LogP contribution in [0.25, 0.3) is 11.3 Å². The summed E-state index contributed by atoms with van der Waals surface area (Å²) in [6, 6.07) is 21.1. The molecule has 5 rings (SSSR count). The van der Waals surface area contributed by atoms with Crippen LogP contribution in [0.2, 0.25) is 5.02 Å². The van der Waals surface area contributed by atoms with Gasteiger partial charge in [-0.05, 0) is 53.9 Å². The molecule has 0 saturated heterocycles. The van der Waals surface area contributed by atoms with Crippen molar-refractivity contribution < 1.29 is 13.9 Å². The van der Waals surface area contributed by atoms with Crippen LogP contribution in [0, 0.1) is 5.82 Å². The molecule has 0 fully saturated rings. The molecule has 1 aliphatic heterocycles. The largest absolute Gasteiger partial charge is 0.494 e. The Morgan fingerprint density at radius 2 is 1.74 bits per heavy atom. The number of rotatable bonds is 8. The summed E-state index contributed by atoms with van der Waals surface area (Å²) in [6.45, 7) is 3.13. The minimum atomic E-state index is -0.364. The smallest absolute Gasteiger partial charge is 0.273 e. The topological polar surface area (TPSA) is 58.2 Å². The van der Waals surface area contributed by atoms with Crippen molar-refractivity contribution in [3.63, 3.8) is 0 Å². The first kappa shape index (κ1) is 23.1. The van der Waals surface area contributed by atoms with E-state index in [-0.39, 0.29) is 17.8 Å². The van der Waals surface area contributed by atoms with Crippen LogP contribution < -0.4 is 4.74 Å². The van der Waals surface area contributed by atoms with Gasteiger partial charge in [-0.1, -0.05) is 61.3 Å². The third-order valence-electron chi connectivity index (χ3n) is 6.21. The summed E-state index contributed by atoms with van der Waals surface area (Å²) in [4.78, 5) is 15.3. The summed E-state index contributed by atoms with van der Waals surface area (Å²) < 4.78 is 19.3. The van der Waals surface area contributed by atoms with E-state index in [0.29, 0.717) is 29.6 Å². The fraction of sp³-hybridized carbons (Fsp3) is 0.214. The third-order valence-corrected chi connectivity index (χ3v) is 6.46. The molecule has 3 aromatic carbocycles. The highest BCUT2D eigenvalue weighted by molar-refractivity contribution is 6.30. The Balaban J connectivity index is 1.55. The van der Waals surface area contributed by atoms with Crippen LogP contribution in [0.4, 0.5) is 4.39 Å². The molecule has 1 amide bonds. The molecule has 0 saturated carbocycles. The quantitative estimate of drug-likeness (QED) is 0.277. The number of amides is 1. The normalized spacial score (nSPS) is 14.9. The van der Waals surface area contributed by atoms with Crippen molar-refractivity contribution in [2.45, 2.75) is 32.4 Å². The fourth-order valence-electron chi connectivity index (χ4n) is 4.40. The summed E-state index contributed by atoms with van der Waals surface area (Å²) in [5.74, 6) is 0.336. The molecule has 4 aromatic rings. The maximum Gasteiger partial charge on any atom is 0.273 e. The van der Waals surface area contributed by atoms with E-state index in [4.69, 9.17) is 16.3 Å². The van der Waals surface area contributed by atoms with Gasteiger partial charge in [-0.2, -0.15) is 5.10 Å². The number of aromatic amines is 1. The lowest BCUT2D eigenvalue weighted by Gasteiger charge is -2.26. The molecule has 5 nitrogen and oxygen atoms in total. The predicted molar refractivity (Wildman–Crippen MR) is 134 cm³/mol. The second-order valence-electron chi connectivity index (χ2n) is 8.60. The van der Waals surface area contributed by atoms with Gasteiger partial charge in [-0.15, -0.1) is 0 Å². The second kappa shape index (κ2) is 9.92. The van der Waals surface area contributed by atoms with Gasteiger partial charge in [0.2, 0.25) is 0 Å². The van der Waals surface area contributed by atoms with Crippen LogP contribution in [-0.2, 0) is 6.54 Å². The predicted octanol–water partition coefficient (Wildman–Crippen LogP) is 6.79. The lowest BCUT2D eigenvalue weighted by molar-refractivity contribution is 0.0730. The maximum atomic E-state index is 13.5. The van der Waals surface area contributed by atoms with Gasteiger partial charge in [-0.3, -0.25) is 9.89 Å². The average Bonchev–Trinajstić information content (AvgIpc) is 3.41. The molecule has 0 bridgehead atoms. The molecular weight excluding hydrogens is 465 g/mol. The van der Waals surface area contributed by atoms with Crippen molar-refractivity contribution >= 4 is 17.5 Å². The summed E-state index contributed by atoms with van der Waals surface area (Å²) in [6.07, 6.45) is 2.06. The van der Waals surface area contributed by atoms with E-state index in [0.717, 1.165) is 40.8 Å². The number of carbonyl (C=O) groups is 1. The minimum Gasteiger partial charge on any atom is -0.494 e. The number of carbonyl (C=O) groups excluding carboxylic acids is 1. The molecule has 1 atom stereocenters. The number of halogens is 2. The monoisotopic (exact) mass is 489 g/mol. The van der Waals surface area contributed by atoms with Crippen LogP contribution >= 0.6 is 11.6 Å². The lowest BCUT2D eigenvalue weighted by Crippen LogP contribution is -2.29. The molecule has 0 spiro atoms. The Hall–Kier alpha value is -3.64. The SMILES string of the molecule is CCCCOc1ccc(C2c3c(-c4ccc(Cl)cc4)n[nH]c3C(=O)N2Cc2ccc(F)cc2)cc1. The van der Waals surface area contributed by atoms with Crippen LogP contribution in [0.5, 0.6) is 5.75 Å². The summed E-state index contributed by atoms with van der Waals surface area (Å²) in [5.41, 5.74) is 4.64. The van der Waals surface area contributed by atoms with Gasteiger partial charge >= 0.3 is 0 Å². The van der Waals surface area contributed by atoms with E-state index in [9.17, 15) is 9.18 Å². The number of nitrogens with zero attached hydrogens (tertiary/aromatic N) is 2. The molecule has 7 heteroatoms. The minimum absolute atomic E-state index is 0.148. The van der Waals surface area contributed by atoms with Crippen LogP contribution in [0.3, 0.4) is 0 Å². The number of H-pyrrole nitrogens is 1. The van der Waals surface area contributed by atoms with E-state index in [1.165, 1.54) is 12.1 Å². The molecule has 1 N–H and O–H groups in total. The Bertz CT molecular complexity index is 1320. The number of nitrogens with one attached hydrogen (secondary N) is 1. The number of hydrogen-bond donors (Lipinski definition) is 1. The molecule has 0 radical (unpaired) electrons. The van der Waals surface area contributed by atoms with Crippen molar-refractivity contribution in [3.8, 4) is 17.0 Å². The van der Waals surface area contributed by atoms with Gasteiger partial charge < -0.3 is 9.64 Å². The Morgan fingerprint density at radius 3 is 2.43 bits per heavy atom. The molecule has 35 heavy (non-hydrogen) atoms. The van der Waals surface area contributed by atoms with E-state index < -0.39 is 0 Å². The number of unbranched alkanes of at least 4 members (excludes halogenated alkanes) is 1. The van der Waals surface area contributed by atoms with E-state index >= 15 is 0 Å². The zero-order valence-corrected chi connectivity index (χ0v) is 20.1. The van der Waals surface area contributed by atoms with Crippen LogP contribution in [0.1, 0.15) is 53.0 Å². The number of hydrogen-bond acceptors (Lipinski definition) is 3. The lowest BCUT2D eigenvalue weighted by atomic mass is 9.96. The van der Waals surface area contributed by atoms with Gasteiger partial charge in [0.15, 0.2) is 0 Å². The summed E-state index contributed by atoms with van der Waals surface area (Å²) in [7, 11) is 0. The molecule has 1 unspecified atom stereocenters. The van der Waals surface area contributed by atoms with Crippen LogP contribution in [0.15, 0.2) is 72.8 Å². The van der Waals surface area contributed by atoms with Gasteiger partial charge in [-0.25, -0.2) is 4.39 Å². The van der Waals surface area contributed by atoms with Crippen molar-refractivity contribution in [1.29, 1.82) is 0 Å². The molecule has 1 aliphatic rings. The zero-order chi connectivity index (χ0) is 24.4. The average molecular weight is 490 g/mol. The first-order valence-corrected chi connectivity index (χ1v) is 12.1. The summed E-state index contributed by atoms with van der Waals surface area (Å²) >= 11 is 6.09. The number of fused-ring (bicyclic) bond motifs is 1. The Kier molecular flexibility index (Phi) is 6.55. The van der Waals surface area contributed by atoms with Gasteiger partial charge in [0.05, 0.1) is 18.3 Å². The molecule has 1 aromatic heterocycles. The zero-order valence-electron chi connectivity index (χ0n) is 19.3. The molecule has 0 aliphatic carbocycles. The van der Waals surface area contributed by atoms with Gasteiger partial charge in [0, 0.05) is 22.7 Å². The fourth-order valence-corrected chi connectivity index (χ4v) is 4.53.